The lowest BCUT2D eigenvalue weighted by atomic mass is 10.00. The third kappa shape index (κ3) is 3.28. The van der Waals surface area contributed by atoms with Crippen LogP contribution in [0.1, 0.15) is 50.6 Å². The summed E-state index contributed by atoms with van der Waals surface area (Å²) in [6.07, 6.45) is 2.68. The lowest BCUT2D eigenvalue weighted by Gasteiger charge is -2.17. The van der Waals surface area contributed by atoms with E-state index in [2.05, 4.69) is 15.3 Å². The molecule has 2 rings (SSSR count). The van der Waals surface area contributed by atoms with E-state index in [0.717, 1.165) is 16.7 Å². The molecule has 2 aromatic rings. The van der Waals surface area contributed by atoms with Crippen molar-refractivity contribution in [3.63, 3.8) is 0 Å². The Balaban J connectivity index is 2.25. The summed E-state index contributed by atoms with van der Waals surface area (Å²) in [5.74, 6) is -1.26. The SMILES string of the molecule is Cc1ccc(C)c(C(C)NC(=O)c2nccnc2C(N)=O)c1. The van der Waals surface area contributed by atoms with Gasteiger partial charge in [0.25, 0.3) is 11.8 Å². The van der Waals surface area contributed by atoms with Crippen molar-refractivity contribution >= 4 is 11.8 Å². The van der Waals surface area contributed by atoms with Crippen LogP contribution in [-0.2, 0) is 0 Å². The molecular formula is C16H18N4O2. The quantitative estimate of drug-likeness (QED) is 0.897. The molecule has 0 saturated carbocycles. The topological polar surface area (TPSA) is 98.0 Å². The summed E-state index contributed by atoms with van der Waals surface area (Å²) in [6.45, 7) is 5.85. The first-order valence-corrected chi connectivity index (χ1v) is 6.89. The highest BCUT2D eigenvalue weighted by atomic mass is 16.2. The van der Waals surface area contributed by atoms with Crippen molar-refractivity contribution in [2.75, 3.05) is 0 Å². The van der Waals surface area contributed by atoms with Crippen LogP contribution in [-0.4, -0.2) is 21.8 Å². The number of carbonyl (C=O) groups is 2. The van der Waals surface area contributed by atoms with Crippen molar-refractivity contribution in [3.8, 4) is 0 Å². The van der Waals surface area contributed by atoms with E-state index in [1.165, 1.54) is 12.4 Å². The molecule has 0 aliphatic rings. The third-order valence-corrected chi connectivity index (χ3v) is 3.40. The normalized spacial score (nSPS) is 11.8. The van der Waals surface area contributed by atoms with Gasteiger partial charge in [0, 0.05) is 12.4 Å². The fourth-order valence-corrected chi connectivity index (χ4v) is 2.25. The van der Waals surface area contributed by atoms with Gasteiger partial charge in [-0.15, -0.1) is 0 Å². The summed E-state index contributed by atoms with van der Waals surface area (Å²) < 4.78 is 0. The lowest BCUT2D eigenvalue weighted by molar-refractivity contribution is 0.0917. The van der Waals surface area contributed by atoms with Crippen molar-refractivity contribution < 1.29 is 9.59 Å². The Morgan fingerprint density at radius 3 is 2.41 bits per heavy atom. The molecule has 114 valence electrons. The molecular weight excluding hydrogens is 280 g/mol. The molecule has 1 aromatic carbocycles. The predicted octanol–water partition coefficient (Wildman–Crippen LogP) is 1.68. The van der Waals surface area contributed by atoms with Crippen LogP contribution in [0.15, 0.2) is 30.6 Å². The van der Waals surface area contributed by atoms with Crippen LogP contribution in [0.5, 0.6) is 0 Å². The number of aromatic nitrogens is 2. The Morgan fingerprint density at radius 1 is 1.14 bits per heavy atom. The van der Waals surface area contributed by atoms with E-state index >= 15 is 0 Å². The fourth-order valence-electron chi connectivity index (χ4n) is 2.25. The molecule has 0 saturated heterocycles. The van der Waals surface area contributed by atoms with Crippen molar-refractivity contribution in [2.24, 2.45) is 5.73 Å². The van der Waals surface area contributed by atoms with Gasteiger partial charge in [0.15, 0.2) is 11.4 Å². The van der Waals surface area contributed by atoms with E-state index in [-0.39, 0.29) is 17.4 Å². The van der Waals surface area contributed by atoms with Gasteiger partial charge < -0.3 is 11.1 Å². The molecule has 6 heteroatoms. The Labute approximate surface area is 128 Å². The number of rotatable bonds is 4. The smallest absolute Gasteiger partial charge is 0.272 e. The molecule has 6 nitrogen and oxygen atoms in total. The van der Waals surface area contributed by atoms with Crippen LogP contribution >= 0.6 is 0 Å². The molecule has 2 amide bonds. The number of nitrogens with two attached hydrogens (primary N) is 1. The van der Waals surface area contributed by atoms with Gasteiger partial charge in [0.1, 0.15) is 0 Å². The molecule has 3 N–H and O–H groups in total. The van der Waals surface area contributed by atoms with Gasteiger partial charge in [-0.3, -0.25) is 9.59 Å². The van der Waals surface area contributed by atoms with Gasteiger partial charge in [-0.1, -0.05) is 23.8 Å². The van der Waals surface area contributed by atoms with Gasteiger partial charge in [-0.2, -0.15) is 0 Å². The first kappa shape index (κ1) is 15.6. The van der Waals surface area contributed by atoms with E-state index in [4.69, 9.17) is 5.73 Å². The number of aryl methyl sites for hydroxylation is 2. The van der Waals surface area contributed by atoms with Gasteiger partial charge >= 0.3 is 0 Å². The van der Waals surface area contributed by atoms with Crippen molar-refractivity contribution in [1.82, 2.24) is 15.3 Å². The van der Waals surface area contributed by atoms with Gasteiger partial charge in [0.05, 0.1) is 6.04 Å². The number of nitrogens with zero attached hydrogens (tertiary/aromatic N) is 2. The minimum Gasteiger partial charge on any atom is -0.364 e. The zero-order chi connectivity index (χ0) is 16.3. The summed E-state index contributed by atoms with van der Waals surface area (Å²) in [5, 5.41) is 2.83. The van der Waals surface area contributed by atoms with E-state index < -0.39 is 11.8 Å². The van der Waals surface area contributed by atoms with Crippen LogP contribution in [0, 0.1) is 13.8 Å². The Hall–Kier alpha value is -2.76. The average molecular weight is 298 g/mol. The number of benzene rings is 1. The molecule has 0 spiro atoms. The standard InChI is InChI=1S/C16H18N4O2/c1-9-4-5-10(2)12(8-9)11(3)20-16(22)14-13(15(17)21)18-6-7-19-14/h4-8,11H,1-3H3,(H2,17,21)(H,20,22). The maximum Gasteiger partial charge on any atom is 0.272 e. The first-order chi connectivity index (χ1) is 10.4. The van der Waals surface area contributed by atoms with Crippen molar-refractivity contribution in [1.29, 1.82) is 0 Å². The Morgan fingerprint density at radius 2 is 1.77 bits per heavy atom. The summed E-state index contributed by atoms with van der Waals surface area (Å²) in [7, 11) is 0. The van der Waals surface area contributed by atoms with Gasteiger partial charge in [-0.25, -0.2) is 9.97 Å². The molecule has 0 bridgehead atoms. The van der Waals surface area contributed by atoms with Crippen LogP contribution < -0.4 is 11.1 Å². The molecule has 0 aliphatic carbocycles. The lowest BCUT2D eigenvalue weighted by Crippen LogP contribution is -2.31. The summed E-state index contributed by atoms with van der Waals surface area (Å²) in [4.78, 5) is 31.4. The number of hydrogen-bond acceptors (Lipinski definition) is 4. The number of primary amides is 1. The highest BCUT2D eigenvalue weighted by Gasteiger charge is 2.20. The minimum absolute atomic E-state index is 0.0628. The monoisotopic (exact) mass is 298 g/mol. The second kappa shape index (κ2) is 6.34. The molecule has 1 heterocycles. The molecule has 22 heavy (non-hydrogen) atoms. The number of nitrogens with one attached hydrogen (secondary N) is 1. The molecule has 1 unspecified atom stereocenters. The summed E-state index contributed by atoms with van der Waals surface area (Å²) >= 11 is 0. The molecule has 0 radical (unpaired) electrons. The molecule has 1 aromatic heterocycles. The van der Waals surface area contributed by atoms with Crippen LogP contribution in [0.25, 0.3) is 0 Å². The summed E-state index contributed by atoms with van der Waals surface area (Å²) in [6, 6.07) is 5.81. The number of carbonyl (C=O) groups excluding carboxylic acids is 2. The zero-order valence-corrected chi connectivity index (χ0v) is 12.8. The Bertz CT molecular complexity index is 728. The van der Waals surface area contributed by atoms with Crippen LogP contribution in [0.4, 0.5) is 0 Å². The zero-order valence-electron chi connectivity index (χ0n) is 12.8. The third-order valence-electron chi connectivity index (χ3n) is 3.40. The van der Waals surface area contributed by atoms with Gasteiger partial charge in [-0.05, 0) is 31.9 Å². The number of amides is 2. The van der Waals surface area contributed by atoms with Crippen LogP contribution in [0.3, 0.4) is 0 Å². The van der Waals surface area contributed by atoms with E-state index in [9.17, 15) is 9.59 Å². The van der Waals surface area contributed by atoms with Crippen molar-refractivity contribution in [3.05, 3.63) is 58.7 Å². The largest absolute Gasteiger partial charge is 0.364 e. The summed E-state index contributed by atoms with van der Waals surface area (Å²) in [5.41, 5.74) is 8.22. The number of hydrogen-bond donors (Lipinski definition) is 2. The maximum atomic E-state index is 12.3. The van der Waals surface area contributed by atoms with E-state index in [1.807, 2.05) is 39.0 Å². The Kier molecular flexibility index (Phi) is 4.50. The fraction of sp³-hybridized carbons (Fsp3) is 0.250. The predicted molar refractivity (Wildman–Crippen MR) is 82.3 cm³/mol. The first-order valence-electron chi connectivity index (χ1n) is 6.89. The highest BCUT2D eigenvalue weighted by Crippen LogP contribution is 2.19. The maximum absolute atomic E-state index is 12.3. The molecule has 0 aliphatic heterocycles. The second-order valence-corrected chi connectivity index (χ2v) is 5.17. The second-order valence-electron chi connectivity index (χ2n) is 5.17. The van der Waals surface area contributed by atoms with Crippen LogP contribution in [0.2, 0.25) is 0 Å². The average Bonchev–Trinajstić information content (AvgIpc) is 2.49. The van der Waals surface area contributed by atoms with Crippen molar-refractivity contribution in [2.45, 2.75) is 26.8 Å². The molecule has 0 fully saturated rings. The van der Waals surface area contributed by atoms with Gasteiger partial charge in [0.2, 0.25) is 0 Å². The highest BCUT2D eigenvalue weighted by molar-refractivity contribution is 6.04. The van der Waals surface area contributed by atoms with E-state index in [0.29, 0.717) is 0 Å². The minimum atomic E-state index is -0.780. The molecule has 1 atom stereocenters. The van der Waals surface area contributed by atoms with E-state index in [1.54, 1.807) is 0 Å².